The molecule has 1 aliphatic carbocycles. The van der Waals surface area contributed by atoms with Crippen LogP contribution in [-0.2, 0) is 17.8 Å². The molecular weight excluding hydrogens is 498 g/mol. The second-order valence-corrected chi connectivity index (χ2v) is 9.33. The molecule has 2 aliphatic rings. The van der Waals surface area contributed by atoms with E-state index in [0.29, 0.717) is 35.3 Å². The van der Waals surface area contributed by atoms with Gasteiger partial charge in [-0.25, -0.2) is 0 Å². The average Bonchev–Trinajstić information content (AvgIpc) is 3.32. The Bertz CT molecular complexity index is 1310. The van der Waals surface area contributed by atoms with E-state index >= 15 is 0 Å². The fourth-order valence-electron chi connectivity index (χ4n) is 4.83. The number of carboxylic acids is 1. The molecule has 9 heteroatoms. The van der Waals surface area contributed by atoms with Gasteiger partial charge in [0.15, 0.2) is 11.5 Å². The Kier molecular flexibility index (Phi) is 7.41. The van der Waals surface area contributed by atoms with E-state index in [4.69, 9.17) is 35.7 Å². The van der Waals surface area contributed by atoms with Crippen LogP contribution in [0.15, 0.2) is 48.5 Å². The third kappa shape index (κ3) is 5.18. The third-order valence-corrected chi connectivity index (χ3v) is 6.99. The molecule has 1 aliphatic heterocycles. The number of fused-ring (bicyclic) bond motifs is 2. The second-order valence-electron chi connectivity index (χ2n) is 8.93. The number of aliphatic hydroxyl groups is 1. The topological polar surface area (TPSA) is 106 Å². The van der Waals surface area contributed by atoms with Gasteiger partial charge in [0, 0.05) is 18.2 Å². The quantitative estimate of drug-likeness (QED) is 0.378. The van der Waals surface area contributed by atoms with E-state index in [1.54, 1.807) is 12.1 Å². The molecule has 0 unspecified atom stereocenters. The van der Waals surface area contributed by atoms with Gasteiger partial charge < -0.3 is 29.2 Å². The summed E-state index contributed by atoms with van der Waals surface area (Å²) in [5, 5.41) is 21.6. The number of ether oxygens (including phenoxy) is 4. The molecule has 2 atom stereocenters. The Balaban J connectivity index is 1.37. The Morgan fingerprint density at radius 3 is 2.70 bits per heavy atom. The van der Waals surface area contributed by atoms with Gasteiger partial charge in [-0.05, 0) is 53.3 Å². The Labute approximate surface area is 219 Å². The minimum atomic E-state index is -1.14. The van der Waals surface area contributed by atoms with E-state index < -0.39 is 18.6 Å². The van der Waals surface area contributed by atoms with Gasteiger partial charge in [0.1, 0.15) is 36.9 Å². The summed E-state index contributed by atoms with van der Waals surface area (Å²) in [6.07, 6.45) is 1.48. The number of methoxy groups -OCH3 is 1. The smallest absolute Gasteiger partial charge is 0.323 e. The van der Waals surface area contributed by atoms with Crippen LogP contribution in [0.2, 0.25) is 5.02 Å². The summed E-state index contributed by atoms with van der Waals surface area (Å²) in [5.74, 6) is 1.39. The fourth-order valence-corrected chi connectivity index (χ4v) is 5.06. The first-order valence-corrected chi connectivity index (χ1v) is 12.5. The average molecular weight is 526 g/mol. The number of aliphatic hydroxyl groups excluding tert-OH is 1. The van der Waals surface area contributed by atoms with Crippen molar-refractivity contribution in [1.82, 2.24) is 5.32 Å². The van der Waals surface area contributed by atoms with Crippen molar-refractivity contribution in [2.45, 2.75) is 31.5 Å². The van der Waals surface area contributed by atoms with Gasteiger partial charge in [-0.2, -0.15) is 0 Å². The van der Waals surface area contributed by atoms with Gasteiger partial charge in [0.2, 0.25) is 0 Å². The Morgan fingerprint density at radius 2 is 1.95 bits per heavy atom. The van der Waals surface area contributed by atoms with Gasteiger partial charge in [-0.15, -0.1) is 0 Å². The standard InChI is InChI=1S/C28H28ClNO7/c1-34-25-13-26(21(29)11-17(25)14-30-22(15-31)28(32)33)37-23-8-6-19-18(3-2-4-20(19)23)16-5-7-24-27(12-16)36-10-9-35-24/h2-5,7,11-13,22-23,30-31H,6,8-10,14-15H2,1H3,(H,32,33)/t22-,23-/m0/s1. The second kappa shape index (κ2) is 10.9. The van der Waals surface area contributed by atoms with Gasteiger partial charge >= 0.3 is 5.97 Å². The first kappa shape index (κ1) is 25.2. The van der Waals surface area contributed by atoms with Crippen LogP contribution in [0.5, 0.6) is 23.0 Å². The van der Waals surface area contributed by atoms with Crippen LogP contribution in [-0.4, -0.2) is 49.2 Å². The number of benzene rings is 3. The number of carbonyl (C=O) groups is 1. The zero-order chi connectivity index (χ0) is 25.9. The highest BCUT2D eigenvalue weighted by Gasteiger charge is 2.28. The molecule has 3 N–H and O–H groups in total. The molecular formula is C28H28ClNO7. The fraction of sp³-hybridized carbons (Fsp3) is 0.321. The molecule has 0 spiro atoms. The maximum atomic E-state index is 11.2. The maximum Gasteiger partial charge on any atom is 0.323 e. The van der Waals surface area contributed by atoms with Crippen LogP contribution < -0.4 is 24.3 Å². The number of nitrogens with one attached hydrogen (secondary N) is 1. The summed E-state index contributed by atoms with van der Waals surface area (Å²) in [5.41, 5.74) is 5.22. The first-order valence-electron chi connectivity index (χ1n) is 12.1. The lowest BCUT2D eigenvalue weighted by Crippen LogP contribution is -2.39. The predicted octanol–water partition coefficient (Wildman–Crippen LogP) is 4.39. The Hall–Kier alpha value is -3.46. The lowest BCUT2D eigenvalue weighted by Gasteiger charge is -2.20. The highest BCUT2D eigenvalue weighted by Crippen LogP contribution is 2.44. The van der Waals surface area contributed by atoms with Crippen molar-refractivity contribution >= 4 is 17.6 Å². The number of rotatable bonds is 9. The van der Waals surface area contributed by atoms with Gasteiger partial charge in [-0.1, -0.05) is 35.9 Å². The van der Waals surface area contributed by atoms with E-state index in [9.17, 15) is 9.90 Å². The van der Waals surface area contributed by atoms with Crippen LogP contribution in [0.25, 0.3) is 11.1 Å². The molecule has 37 heavy (non-hydrogen) atoms. The Morgan fingerprint density at radius 1 is 1.14 bits per heavy atom. The molecule has 0 saturated heterocycles. The summed E-state index contributed by atoms with van der Waals surface area (Å²) in [7, 11) is 1.53. The summed E-state index contributed by atoms with van der Waals surface area (Å²) in [6, 6.07) is 14.6. The zero-order valence-electron chi connectivity index (χ0n) is 20.3. The monoisotopic (exact) mass is 525 g/mol. The first-order chi connectivity index (χ1) is 18.0. The van der Waals surface area contributed by atoms with E-state index in [1.165, 1.54) is 12.7 Å². The van der Waals surface area contributed by atoms with Crippen molar-refractivity contribution < 1.29 is 34.0 Å². The summed E-state index contributed by atoms with van der Waals surface area (Å²) < 4.78 is 23.3. The van der Waals surface area contributed by atoms with Gasteiger partial charge in [0.05, 0.1) is 18.7 Å². The van der Waals surface area contributed by atoms with Crippen molar-refractivity contribution in [2.24, 2.45) is 0 Å². The van der Waals surface area contributed by atoms with E-state index in [0.717, 1.165) is 41.0 Å². The number of halogens is 1. The molecule has 0 bridgehead atoms. The summed E-state index contributed by atoms with van der Waals surface area (Å²) >= 11 is 6.57. The molecule has 5 rings (SSSR count). The minimum Gasteiger partial charge on any atom is -0.496 e. The molecule has 0 radical (unpaired) electrons. The SMILES string of the molecule is COc1cc(O[C@H]2CCc3c(-c4ccc5c(c4)OCCO5)cccc32)c(Cl)cc1CN[C@@H](CO)C(=O)O. The zero-order valence-corrected chi connectivity index (χ0v) is 21.1. The van der Waals surface area contributed by atoms with Crippen molar-refractivity contribution in [3.05, 3.63) is 70.2 Å². The molecule has 0 saturated carbocycles. The highest BCUT2D eigenvalue weighted by molar-refractivity contribution is 6.32. The van der Waals surface area contributed by atoms with Crippen molar-refractivity contribution in [1.29, 1.82) is 0 Å². The normalized spacial score (nSPS) is 16.7. The van der Waals surface area contributed by atoms with Crippen LogP contribution in [0, 0.1) is 0 Å². The van der Waals surface area contributed by atoms with Crippen LogP contribution in [0.4, 0.5) is 0 Å². The van der Waals surface area contributed by atoms with Crippen molar-refractivity contribution in [3.8, 4) is 34.1 Å². The van der Waals surface area contributed by atoms with E-state index in [-0.39, 0.29) is 12.6 Å². The largest absolute Gasteiger partial charge is 0.496 e. The lowest BCUT2D eigenvalue weighted by atomic mass is 9.96. The van der Waals surface area contributed by atoms with Gasteiger partial charge in [-0.3, -0.25) is 10.1 Å². The number of carboxylic acid groups (broad SMARTS) is 1. The highest BCUT2D eigenvalue weighted by atomic mass is 35.5. The third-order valence-electron chi connectivity index (χ3n) is 6.69. The van der Waals surface area contributed by atoms with Crippen LogP contribution in [0.3, 0.4) is 0 Å². The molecule has 194 valence electrons. The van der Waals surface area contributed by atoms with Crippen molar-refractivity contribution in [2.75, 3.05) is 26.9 Å². The summed E-state index contributed by atoms with van der Waals surface area (Å²) in [6.45, 7) is 0.732. The molecule has 8 nitrogen and oxygen atoms in total. The van der Waals surface area contributed by atoms with E-state index in [2.05, 4.69) is 23.5 Å². The van der Waals surface area contributed by atoms with Crippen molar-refractivity contribution in [3.63, 3.8) is 0 Å². The number of hydrogen-bond acceptors (Lipinski definition) is 7. The molecule has 3 aromatic rings. The predicted molar refractivity (Wildman–Crippen MR) is 138 cm³/mol. The molecule has 0 fully saturated rings. The molecule has 0 amide bonds. The van der Waals surface area contributed by atoms with Crippen LogP contribution >= 0.6 is 11.6 Å². The summed E-state index contributed by atoms with van der Waals surface area (Å²) in [4.78, 5) is 11.2. The number of aliphatic carboxylic acids is 1. The lowest BCUT2D eigenvalue weighted by molar-refractivity contribution is -0.140. The minimum absolute atomic E-state index is 0.159. The molecule has 1 heterocycles. The number of hydrogen-bond donors (Lipinski definition) is 3. The molecule has 3 aromatic carbocycles. The van der Waals surface area contributed by atoms with Crippen LogP contribution in [0.1, 0.15) is 29.2 Å². The maximum absolute atomic E-state index is 11.2. The van der Waals surface area contributed by atoms with Gasteiger partial charge in [0.25, 0.3) is 0 Å². The van der Waals surface area contributed by atoms with E-state index in [1.807, 2.05) is 18.2 Å². The molecule has 0 aromatic heterocycles.